The average molecular weight is 378 g/mol. The van der Waals surface area contributed by atoms with Gasteiger partial charge >= 0.3 is 0 Å². The number of hydrogen-bond acceptors (Lipinski definition) is 6. The summed E-state index contributed by atoms with van der Waals surface area (Å²) in [7, 11) is 0. The van der Waals surface area contributed by atoms with Gasteiger partial charge in [0.25, 0.3) is 0 Å². The lowest BCUT2D eigenvalue weighted by Crippen LogP contribution is -2.36. The van der Waals surface area contributed by atoms with Gasteiger partial charge in [0.15, 0.2) is 0 Å². The maximum absolute atomic E-state index is 12.9. The number of nitrogens with zero attached hydrogens (tertiary/aromatic N) is 2. The van der Waals surface area contributed by atoms with Crippen molar-refractivity contribution in [3.63, 3.8) is 0 Å². The van der Waals surface area contributed by atoms with E-state index in [-0.39, 0.29) is 12.8 Å². The highest BCUT2D eigenvalue weighted by molar-refractivity contribution is 6.26. The molecule has 2 atom stereocenters. The molecule has 0 bridgehead atoms. The lowest BCUT2D eigenvalue weighted by Gasteiger charge is -2.18. The molecule has 2 aromatic carbocycles. The summed E-state index contributed by atoms with van der Waals surface area (Å²) >= 11 is 0. The van der Waals surface area contributed by atoms with Crippen molar-refractivity contribution in [2.75, 3.05) is 21.3 Å². The quantitative estimate of drug-likeness (QED) is 0.612. The molecule has 4 amide bonds. The van der Waals surface area contributed by atoms with Gasteiger partial charge in [-0.1, -0.05) is 0 Å². The van der Waals surface area contributed by atoms with Crippen LogP contribution in [0.1, 0.15) is 12.8 Å². The van der Waals surface area contributed by atoms with E-state index >= 15 is 0 Å². The third-order valence-electron chi connectivity index (χ3n) is 5.15. The number of imide groups is 2. The van der Waals surface area contributed by atoms with Gasteiger partial charge in [-0.3, -0.25) is 29.0 Å². The van der Waals surface area contributed by atoms with Gasteiger partial charge in [-0.05, 0) is 48.5 Å². The molecule has 4 N–H and O–H groups in total. The Kier molecular flexibility index (Phi) is 4.11. The van der Waals surface area contributed by atoms with Crippen LogP contribution in [-0.2, 0) is 19.2 Å². The zero-order chi connectivity index (χ0) is 20.0. The van der Waals surface area contributed by atoms with E-state index in [4.69, 9.17) is 11.5 Å². The molecule has 28 heavy (non-hydrogen) atoms. The SMILES string of the molecule is Nc1ccc(N2C(=O)CC(C3CC(=O)N(c4ccc(N)cc4)C3=O)C2=O)cc1. The molecule has 2 saturated heterocycles. The van der Waals surface area contributed by atoms with Gasteiger partial charge in [0.05, 0.1) is 23.2 Å². The molecule has 2 aliphatic heterocycles. The minimum Gasteiger partial charge on any atom is -0.399 e. The van der Waals surface area contributed by atoms with Crippen molar-refractivity contribution < 1.29 is 19.2 Å². The predicted molar refractivity (Wildman–Crippen MR) is 103 cm³/mol. The van der Waals surface area contributed by atoms with Crippen molar-refractivity contribution in [1.82, 2.24) is 0 Å². The molecule has 2 heterocycles. The molecule has 142 valence electrons. The first kappa shape index (κ1) is 17.7. The van der Waals surface area contributed by atoms with Gasteiger partial charge < -0.3 is 11.5 Å². The first-order valence-electron chi connectivity index (χ1n) is 8.81. The van der Waals surface area contributed by atoms with Crippen LogP contribution >= 0.6 is 0 Å². The van der Waals surface area contributed by atoms with E-state index < -0.39 is 35.5 Å². The average Bonchev–Trinajstić information content (AvgIpc) is 3.12. The van der Waals surface area contributed by atoms with Crippen molar-refractivity contribution in [1.29, 1.82) is 0 Å². The number of anilines is 4. The van der Waals surface area contributed by atoms with Crippen LogP contribution < -0.4 is 21.3 Å². The minimum absolute atomic E-state index is 0.109. The van der Waals surface area contributed by atoms with Gasteiger partial charge in [0, 0.05) is 24.2 Å². The first-order valence-corrected chi connectivity index (χ1v) is 8.81. The molecule has 2 aliphatic rings. The standard InChI is InChI=1S/C20H18N4O4/c21-11-1-5-13(6-2-11)23-17(25)9-15(19(23)27)16-10-18(26)24(20(16)28)14-7-3-12(22)4-8-14/h1-8,15-16H,9-10,21-22H2. The fourth-order valence-electron chi connectivity index (χ4n) is 3.73. The van der Waals surface area contributed by atoms with Crippen molar-refractivity contribution >= 4 is 46.4 Å². The maximum Gasteiger partial charge on any atom is 0.238 e. The van der Waals surface area contributed by atoms with Crippen LogP contribution in [-0.4, -0.2) is 23.6 Å². The molecular weight excluding hydrogens is 360 g/mol. The van der Waals surface area contributed by atoms with Crippen LogP contribution in [0, 0.1) is 11.8 Å². The summed E-state index contributed by atoms with van der Waals surface area (Å²) in [6.45, 7) is 0. The lowest BCUT2D eigenvalue weighted by atomic mass is 9.89. The second-order valence-corrected chi connectivity index (χ2v) is 6.94. The zero-order valence-corrected chi connectivity index (χ0v) is 14.9. The molecular formula is C20H18N4O4. The number of nitrogens with two attached hydrogens (primary N) is 2. The predicted octanol–water partition coefficient (Wildman–Crippen LogP) is 1.31. The van der Waals surface area contributed by atoms with Crippen LogP contribution in [0.15, 0.2) is 48.5 Å². The summed E-state index contributed by atoms with van der Waals surface area (Å²) in [6.07, 6.45) is -0.217. The Hall–Kier alpha value is -3.68. The second-order valence-electron chi connectivity index (χ2n) is 6.94. The van der Waals surface area contributed by atoms with Gasteiger partial charge in [-0.15, -0.1) is 0 Å². The van der Waals surface area contributed by atoms with E-state index in [1.165, 1.54) is 0 Å². The molecule has 2 unspecified atom stereocenters. The summed E-state index contributed by atoms with van der Waals surface area (Å²) in [5, 5.41) is 0. The molecule has 2 fully saturated rings. The topological polar surface area (TPSA) is 127 Å². The zero-order valence-electron chi connectivity index (χ0n) is 14.9. The Morgan fingerprint density at radius 1 is 0.607 bits per heavy atom. The van der Waals surface area contributed by atoms with Crippen molar-refractivity contribution in [3.05, 3.63) is 48.5 Å². The highest BCUT2D eigenvalue weighted by atomic mass is 16.2. The van der Waals surface area contributed by atoms with Gasteiger partial charge in [0.2, 0.25) is 23.6 Å². The van der Waals surface area contributed by atoms with Gasteiger partial charge in [-0.2, -0.15) is 0 Å². The summed E-state index contributed by atoms with van der Waals surface area (Å²) < 4.78 is 0. The molecule has 8 nitrogen and oxygen atoms in total. The largest absolute Gasteiger partial charge is 0.399 e. The molecule has 0 radical (unpaired) electrons. The van der Waals surface area contributed by atoms with E-state index in [9.17, 15) is 19.2 Å². The molecule has 2 aromatic rings. The van der Waals surface area contributed by atoms with Crippen LogP contribution in [0.4, 0.5) is 22.7 Å². The van der Waals surface area contributed by atoms with Crippen LogP contribution in [0.25, 0.3) is 0 Å². The Morgan fingerprint density at radius 3 is 1.25 bits per heavy atom. The molecule has 0 aliphatic carbocycles. The molecule has 0 saturated carbocycles. The summed E-state index contributed by atoms with van der Waals surface area (Å²) in [4.78, 5) is 52.9. The molecule has 0 aromatic heterocycles. The number of carbonyl (C=O) groups excluding carboxylic acids is 4. The van der Waals surface area contributed by atoms with E-state index in [0.29, 0.717) is 22.7 Å². The number of rotatable bonds is 3. The Labute approximate surface area is 160 Å². The molecule has 8 heteroatoms. The van der Waals surface area contributed by atoms with E-state index in [1.54, 1.807) is 48.5 Å². The molecule has 0 spiro atoms. The smallest absolute Gasteiger partial charge is 0.238 e. The van der Waals surface area contributed by atoms with Crippen LogP contribution in [0.3, 0.4) is 0 Å². The Bertz CT molecular complexity index is 903. The van der Waals surface area contributed by atoms with Gasteiger partial charge in [0.1, 0.15) is 0 Å². The molecule has 4 rings (SSSR count). The minimum atomic E-state index is -0.861. The second kappa shape index (κ2) is 6.49. The third kappa shape index (κ3) is 2.79. The summed E-state index contributed by atoms with van der Waals surface area (Å²) in [5.41, 5.74) is 13.1. The highest BCUT2D eigenvalue weighted by Gasteiger charge is 2.51. The highest BCUT2D eigenvalue weighted by Crippen LogP contribution is 2.38. The van der Waals surface area contributed by atoms with E-state index in [0.717, 1.165) is 9.80 Å². The summed E-state index contributed by atoms with van der Waals surface area (Å²) in [5.74, 6) is -3.46. The maximum atomic E-state index is 12.9. The fraction of sp³-hybridized carbons (Fsp3) is 0.200. The Balaban J connectivity index is 1.59. The van der Waals surface area contributed by atoms with Gasteiger partial charge in [-0.25, -0.2) is 0 Å². The number of hydrogen-bond donors (Lipinski definition) is 2. The monoisotopic (exact) mass is 378 g/mol. The van der Waals surface area contributed by atoms with Crippen molar-refractivity contribution in [3.8, 4) is 0 Å². The lowest BCUT2D eigenvalue weighted by molar-refractivity contribution is -0.128. The van der Waals surface area contributed by atoms with Crippen LogP contribution in [0.2, 0.25) is 0 Å². The summed E-state index contributed by atoms with van der Waals surface area (Å²) in [6, 6.07) is 12.7. The van der Waals surface area contributed by atoms with Crippen LogP contribution in [0.5, 0.6) is 0 Å². The fourth-order valence-corrected chi connectivity index (χ4v) is 3.73. The third-order valence-corrected chi connectivity index (χ3v) is 5.15. The number of benzene rings is 2. The first-order chi connectivity index (χ1) is 13.4. The number of nitrogen functional groups attached to an aromatic ring is 2. The van der Waals surface area contributed by atoms with E-state index in [1.807, 2.05) is 0 Å². The van der Waals surface area contributed by atoms with E-state index in [2.05, 4.69) is 0 Å². The van der Waals surface area contributed by atoms with Crippen molar-refractivity contribution in [2.45, 2.75) is 12.8 Å². The number of carbonyl (C=O) groups is 4. The van der Waals surface area contributed by atoms with Crippen molar-refractivity contribution in [2.24, 2.45) is 11.8 Å². The Morgan fingerprint density at radius 2 is 0.929 bits per heavy atom. The number of amides is 4. The normalized spacial score (nSPS) is 22.4.